The van der Waals surface area contributed by atoms with Gasteiger partial charge in [0.05, 0.1) is 21.1 Å². The number of thiazole rings is 1. The summed E-state index contributed by atoms with van der Waals surface area (Å²) < 4.78 is 6.81. The molecule has 2 heterocycles. The van der Waals surface area contributed by atoms with Crippen molar-refractivity contribution in [3.8, 4) is 0 Å². The van der Waals surface area contributed by atoms with Gasteiger partial charge in [-0.3, -0.25) is 4.79 Å². The van der Waals surface area contributed by atoms with Crippen molar-refractivity contribution >= 4 is 56.4 Å². The fourth-order valence-electron chi connectivity index (χ4n) is 2.27. The number of amides is 1. The van der Waals surface area contributed by atoms with Crippen molar-refractivity contribution in [1.82, 2.24) is 9.88 Å². The second kappa shape index (κ2) is 7.51. The first kappa shape index (κ1) is 17.8. The van der Waals surface area contributed by atoms with Crippen LogP contribution in [0.1, 0.15) is 21.6 Å². The molecule has 1 atom stereocenters. The molecular formula is C17H15ClN2O3S2. The monoisotopic (exact) mass is 394 g/mol. The summed E-state index contributed by atoms with van der Waals surface area (Å²) >= 11 is 8.47. The molecule has 3 aromatic rings. The van der Waals surface area contributed by atoms with Crippen molar-refractivity contribution in [2.24, 2.45) is 0 Å². The average molecular weight is 395 g/mol. The van der Waals surface area contributed by atoms with Gasteiger partial charge in [0, 0.05) is 7.05 Å². The summed E-state index contributed by atoms with van der Waals surface area (Å²) in [6.07, 6.45) is -0.882. The van der Waals surface area contributed by atoms with Gasteiger partial charge in [-0.1, -0.05) is 23.7 Å². The average Bonchev–Trinajstić information content (AvgIpc) is 3.19. The predicted molar refractivity (Wildman–Crippen MR) is 100 cm³/mol. The van der Waals surface area contributed by atoms with Crippen LogP contribution in [0.4, 0.5) is 0 Å². The molecule has 1 unspecified atom stereocenters. The van der Waals surface area contributed by atoms with E-state index in [1.165, 1.54) is 4.90 Å². The van der Waals surface area contributed by atoms with Gasteiger partial charge in [0.25, 0.3) is 5.91 Å². The third-order valence-electron chi connectivity index (χ3n) is 3.49. The molecule has 0 bridgehead atoms. The standard InChI is InChI=1S/C17H15ClN2O3S2/c1-10(23-17(22)13-7-8-14(18)24-13)16(21)20(2)9-15-19-11-5-3-4-6-12(11)25-15/h3-8,10H,9H2,1-2H3. The number of ether oxygens (including phenoxy) is 1. The minimum absolute atomic E-state index is 0.282. The van der Waals surface area contributed by atoms with Crippen molar-refractivity contribution in [1.29, 1.82) is 0 Å². The maximum absolute atomic E-state index is 12.4. The van der Waals surface area contributed by atoms with E-state index in [1.54, 1.807) is 37.4 Å². The van der Waals surface area contributed by atoms with E-state index in [0.717, 1.165) is 26.6 Å². The molecule has 0 aliphatic heterocycles. The molecule has 0 saturated heterocycles. The Morgan fingerprint density at radius 2 is 2.00 bits per heavy atom. The van der Waals surface area contributed by atoms with Gasteiger partial charge in [0.1, 0.15) is 9.88 Å². The Hall–Kier alpha value is -1.96. The summed E-state index contributed by atoms with van der Waals surface area (Å²) in [5.74, 6) is -0.832. The Bertz CT molecular complexity index is 888. The molecule has 1 aromatic carbocycles. The molecule has 0 N–H and O–H groups in total. The number of hydrogen-bond donors (Lipinski definition) is 0. The number of nitrogens with zero attached hydrogens (tertiary/aromatic N) is 2. The van der Waals surface area contributed by atoms with E-state index in [0.29, 0.717) is 15.8 Å². The minimum Gasteiger partial charge on any atom is -0.448 e. The fraction of sp³-hybridized carbons (Fsp3) is 0.235. The van der Waals surface area contributed by atoms with Crippen LogP contribution in [0.25, 0.3) is 10.2 Å². The third-order valence-corrected chi connectivity index (χ3v) is 5.73. The second-order valence-electron chi connectivity index (χ2n) is 5.42. The number of thiophene rings is 1. The lowest BCUT2D eigenvalue weighted by Crippen LogP contribution is -2.37. The maximum atomic E-state index is 12.4. The van der Waals surface area contributed by atoms with Gasteiger partial charge in [-0.25, -0.2) is 9.78 Å². The van der Waals surface area contributed by atoms with Crippen LogP contribution in [-0.2, 0) is 16.1 Å². The third kappa shape index (κ3) is 4.18. The SMILES string of the molecule is CC(OC(=O)c1ccc(Cl)s1)C(=O)N(C)Cc1nc2ccccc2s1. The molecule has 0 aliphatic rings. The van der Waals surface area contributed by atoms with E-state index in [4.69, 9.17) is 16.3 Å². The zero-order chi connectivity index (χ0) is 18.0. The molecule has 0 saturated carbocycles. The number of para-hydroxylation sites is 1. The van der Waals surface area contributed by atoms with Gasteiger partial charge >= 0.3 is 5.97 Å². The Morgan fingerprint density at radius 3 is 2.68 bits per heavy atom. The highest BCUT2D eigenvalue weighted by atomic mass is 35.5. The number of likely N-dealkylation sites (N-methyl/N-ethyl adjacent to an activating group) is 1. The minimum atomic E-state index is -0.882. The lowest BCUT2D eigenvalue weighted by Gasteiger charge is -2.20. The normalized spacial score (nSPS) is 12.1. The summed E-state index contributed by atoms with van der Waals surface area (Å²) in [5, 5.41) is 0.834. The second-order valence-corrected chi connectivity index (χ2v) is 8.25. The van der Waals surface area contributed by atoms with Crippen LogP contribution in [0, 0.1) is 0 Å². The lowest BCUT2D eigenvalue weighted by molar-refractivity contribution is -0.139. The fourth-order valence-corrected chi connectivity index (χ4v) is 4.22. The number of carbonyl (C=O) groups excluding carboxylic acids is 2. The van der Waals surface area contributed by atoms with Crippen LogP contribution < -0.4 is 0 Å². The molecule has 0 fully saturated rings. The predicted octanol–water partition coefficient (Wildman–Crippen LogP) is 4.22. The zero-order valence-corrected chi connectivity index (χ0v) is 16.0. The highest BCUT2D eigenvalue weighted by molar-refractivity contribution is 7.18. The molecule has 25 heavy (non-hydrogen) atoms. The van der Waals surface area contributed by atoms with Gasteiger partial charge in [-0.05, 0) is 31.2 Å². The molecular weight excluding hydrogens is 380 g/mol. The maximum Gasteiger partial charge on any atom is 0.349 e. The highest BCUT2D eigenvalue weighted by Crippen LogP contribution is 2.24. The largest absolute Gasteiger partial charge is 0.448 e. The van der Waals surface area contributed by atoms with Gasteiger partial charge in [0.2, 0.25) is 0 Å². The van der Waals surface area contributed by atoms with Gasteiger partial charge in [0.15, 0.2) is 6.10 Å². The van der Waals surface area contributed by atoms with Crippen LogP contribution in [0.5, 0.6) is 0 Å². The molecule has 5 nitrogen and oxygen atoms in total. The Balaban J connectivity index is 1.61. The Labute approximate surface area is 157 Å². The summed E-state index contributed by atoms with van der Waals surface area (Å²) in [7, 11) is 1.67. The smallest absolute Gasteiger partial charge is 0.349 e. The number of benzene rings is 1. The Kier molecular flexibility index (Phi) is 5.36. The quantitative estimate of drug-likeness (QED) is 0.608. The van der Waals surface area contributed by atoms with Crippen molar-refractivity contribution < 1.29 is 14.3 Å². The van der Waals surface area contributed by atoms with Crippen LogP contribution in [0.2, 0.25) is 4.34 Å². The molecule has 0 radical (unpaired) electrons. The van der Waals surface area contributed by atoms with E-state index >= 15 is 0 Å². The molecule has 8 heteroatoms. The number of hydrogen-bond acceptors (Lipinski definition) is 6. The number of fused-ring (bicyclic) bond motifs is 1. The molecule has 3 rings (SSSR count). The topological polar surface area (TPSA) is 59.5 Å². The van der Waals surface area contributed by atoms with Crippen molar-refractivity contribution in [3.05, 3.63) is 50.6 Å². The number of carbonyl (C=O) groups is 2. The van der Waals surface area contributed by atoms with Crippen LogP contribution in [0.3, 0.4) is 0 Å². The molecule has 1 amide bonds. The van der Waals surface area contributed by atoms with Crippen molar-refractivity contribution in [2.75, 3.05) is 7.05 Å². The van der Waals surface area contributed by atoms with E-state index in [2.05, 4.69) is 4.98 Å². The number of halogens is 1. The first-order chi connectivity index (χ1) is 11.9. The first-order valence-electron chi connectivity index (χ1n) is 7.50. The molecule has 0 aliphatic carbocycles. The van der Waals surface area contributed by atoms with E-state index in [-0.39, 0.29) is 5.91 Å². The zero-order valence-electron chi connectivity index (χ0n) is 13.6. The van der Waals surface area contributed by atoms with E-state index < -0.39 is 12.1 Å². The van der Waals surface area contributed by atoms with Gasteiger partial charge < -0.3 is 9.64 Å². The van der Waals surface area contributed by atoms with Crippen molar-refractivity contribution in [2.45, 2.75) is 19.6 Å². The van der Waals surface area contributed by atoms with Gasteiger partial charge in [-0.15, -0.1) is 22.7 Å². The first-order valence-corrected chi connectivity index (χ1v) is 9.51. The van der Waals surface area contributed by atoms with Crippen LogP contribution >= 0.6 is 34.3 Å². The highest BCUT2D eigenvalue weighted by Gasteiger charge is 2.23. The van der Waals surface area contributed by atoms with Crippen LogP contribution in [-0.4, -0.2) is 34.9 Å². The van der Waals surface area contributed by atoms with E-state index in [9.17, 15) is 9.59 Å². The molecule has 0 spiro atoms. The molecule has 2 aromatic heterocycles. The van der Waals surface area contributed by atoms with Crippen LogP contribution in [0.15, 0.2) is 36.4 Å². The summed E-state index contributed by atoms with van der Waals surface area (Å²) in [5.41, 5.74) is 0.914. The lowest BCUT2D eigenvalue weighted by atomic mass is 10.3. The Morgan fingerprint density at radius 1 is 1.24 bits per heavy atom. The summed E-state index contributed by atoms with van der Waals surface area (Å²) in [6.45, 7) is 1.93. The summed E-state index contributed by atoms with van der Waals surface area (Å²) in [6, 6.07) is 11.0. The number of esters is 1. The summed E-state index contributed by atoms with van der Waals surface area (Å²) in [4.78, 5) is 30.9. The molecule has 130 valence electrons. The van der Waals surface area contributed by atoms with E-state index in [1.807, 2.05) is 24.3 Å². The van der Waals surface area contributed by atoms with Crippen molar-refractivity contribution in [3.63, 3.8) is 0 Å². The number of rotatable bonds is 5. The van der Waals surface area contributed by atoms with Gasteiger partial charge in [-0.2, -0.15) is 0 Å². The number of aromatic nitrogens is 1.